The molecule has 0 saturated carbocycles. The Labute approximate surface area is 178 Å². The number of hydrogen-bond acceptors (Lipinski definition) is 6. The normalized spacial score (nSPS) is 17.4. The third-order valence-corrected chi connectivity index (χ3v) is 7.73. The Balaban J connectivity index is 1.82. The van der Waals surface area contributed by atoms with Crippen LogP contribution in [-0.4, -0.2) is 53.4 Å². The summed E-state index contributed by atoms with van der Waals surface area (Å²) in [5, 5.41) is 3.99. The quantitative estimate of drug-likeness (QED) is 0.443. The Morgan fingerprint density at radius 3 is 2.69 bits per heavy atom. The fraction of sp³-hybridized carbons (Fsp3) is 0.421. The van der Waals surface area contributed by atoms with E-state index < -0.39 is 22.0 Å². The van der Waals surface area contributed by atoms with Crippen molar-refractivity contribution in [3.63, 3.8) is 0 Å². The largest absolute Gasteiger partial charge is 0.462 e. The third kappa shape index (κ3) is 4.59. The van der Waals surface area contributed by atoms with E-state index in [1.54, 1.807) is 24.9 Å². The van der Waals surface area contributed by atoms with Crippen LogP contribution in [0.3, 0.4) is 0 Å². The van der Waals surface area contributed by atoms with E-state index in [4.69, 9.17) is 4.74 Å². The first-order valence-electron chi connectivity index (χ1n) is 9.24. The molecule has 1 atom stereocenters. The first kappa shape index (κ1) is 21.7. The van der Waals surface area contributed by atoms with Crippen molar-refractivity contribution in [2.24, 2.45) is 7.05 Å². The third-order valence-electron chi connectivity index (χ3n) is 4.80. The summed E-state index contributed by atoms with van der Waals surface area (Å²) in [5.74, 6) is -0.653. The van der Waals surface area contributed by atoms with Crippen LogP contribution in [0.1, 0.15) is 46.9 Å². The van der Waals surface area contributed by atoms with Gasteiger partial charge < -0.3 is 4.74 Å². The molecule has 0 N–H and O–H groups in total. The number of ether oxygens (including phenoxy) is 1. The van der Waals surface area contributed by atoms with E-state index in [2.05, 4.69) is 21.0 Å². The number of halogens is 1. The molecule has 1 aromatic heterocycles. The molecule has 8 nitrogen and oxygen atoms in total. The van der Waals surface area contributed by atoms with Crippen molar-refractivity contribution >= 4 is 37.7 Å². The summed E-state index contributed by atoms with van der Waals surface area (Å²) in [7, 11) is -2.11. The van der Waals surface area contributed by atoms with Crippen LogP contribution in [0.2, 0.25) is 0 Å². The lowest BCUT2D eigenvalue weighted by atomic mass is 10.1. The highest BCUT2D eigenvalue weighted by Gasteiger charge is 2.37. The van der Waals surface area contributed by atoms with Crippen LogP contribution in [-0.2, 0) is 21.8 Å². The standard InChI is InChI=1S/C19H22BrN3O5S/c1-3-28-19(25)13-6-7-18(16(20)9-13)29(26,27)23-8-4-5-15(23)10-17(24)14-11-21-22(2)12-14/h6-7,9,11-12,15H,3-5,8,10H2,1-2H3. The van der Waals surface area contributed by atoms with E-state index in [1.165, 1.54) is 28.7 Å². The lowest BCUT2D eigenvalue weighted by Crippen LogP contribution is -2.37. The van der Waals surface area contributed by atoms with Gasteiger partial charge in [-0.15, -0.1) is 0 Å². The van der Waals surface area contributed by atoms with E-state index in [0.717, 1.165) is 0 Å². The summed E-state index contributed by atoms with van der Waals surface area (Å²) in [5.41, 5.74) is 0.735. The van der Waals surface area contributed by atoms with Crippen LogP contribution >= 0.6 is 15.9 Å². The van der Waals surface area contributed by atoms with Crippen LogP contribution < -0.4 is 0 Å². The van der Waals surface area contributed by atoms with Crippen molar-refractivity contribution in [1.82, 2.24) is 14.1 Å². The average Bonchev–Trinajstić information content (AvgIpc) is 3.31. The van der Waals surface area contributed by atoms with Gasteiger partial charge in [-0.25, -0.2) is 13.2 Å². The Bertz CT molecular complexity index is 1030. The summed E-state index contributed by atoms with van der Waals surface area (Å²) in [6.07, 6.45) is 4.51. The minimum atomic E-state index is -3.83. The highest BCUT2D eigenvalue weighted by atomic mass is 79.9. The van der Waals surface area contributed by atoms with Crippen LogP contribution in [0, 0.1) is 0 Å². The molecule has 0 radical (unpaired) electrons. The first-order valence-corrected chi connectivity index (χ1v) is 11.5. The fourth-order valence-electron chi connectivity index (χ4n) is 3.40. The molecule has 0 bridgehead atoms. The number of ketones is 1. The van der Waals surface area contributed by atoms with Gasteiger partial charge in [0.1, 0.15) is 0 Å². The van der Waals surface area contributed by atoms with Crippen molar-refractivity contribution < 1.29 is 22.7 Å². The lowest BCUT2D eigenvalue weighted by molar-refractivity contribution is 0.0526. The minimum absolute atomic E-state index is 0.0614. The number of carbonyl (C=O) groups excluding carboxylic acids is 2. The maximum absolute atomic E-state index is 13.2. The molecule has 0 amide bonds. The topological polar surface area (TPSA) is 98.6 Å². The minimum Gasteiger partial charge on any atom is -0.462 e. The Morgan fingerprint density at radius 1 is 1.31 bits per heavy atom. The summed E-state index contributed by atoms with van der Waals surface area (Å²) < 4.78 is 34.6. The van der Waals surface area contributed by atoms with Gasteiger partial charge in [0.15, 0.2) is 5.78 Å². The summed E-state index contributed by atoms with van der Waals surface area (Å²) in [6, 6.07) is 3.85. The second kappa shape index (κ2) is 8.76. The number of aromatic nitrogens is 2. The van der Waals surface area contributed by atoms with Gasteiger partial charge in [0, 0.05) is 36.7 Å². The van der Waals surface area contributed by atoms with E-state index in [1.807, 2.05) is 0 Å². The molecule has 1 saturated heterocycles. The molecule has 1 aliphatic heterocycles. The molecular formula is C19H22BrN3O5S. The summed E-state index contributed by atoms with van der Waals surface area (Å²) >= 11 is 3.27. The zero-order valence-electron chi connectivity index (χ0n) is 16.2. The Morgan fingerprint density at radius 2 is 2.07 bits per heavy atom. The monoisotopic (exact) mass is 483 g/mol. The molecule has 1 aromatic carbocycles. The van der Waals surface area contributed by atoms with E-state index in [-0.39, 0.29) is 33.7 Å². The predicted octanol–water partition coefficient (Wildman–Crippen LogP) is 2.79. The average molecular weight is 484 g/mol. The van der Waals surface area contributed by atoms with E-state index in [0.29, 0.717) is 24.9 Å². The predicted molar refractivity (Wildman–Crippen MR) is 109 cm³/mol. The van der Waals surface area contributed by atoms with Gasteiger partial charge in [-0.3, -0.25) is 9.48 Å². The highest BCUT2D eigenvalue weighted by Crippen LogP contribution is 2.32. The number of Topliss-reactive ketones (excluding diaryl/α,β-unsaturated/α-hetero) is 1. The fourth-order valence-corrected chi connectivity index (χ4v) is 6.14. The smallest absolute Gasteiger partial charge is 0.338 e. The van der Waals surface area contributed by atoms with Gasteiger partial charge in [-0.2, -0.15) is 9.40 Å². The molecule has 1 fully saturated rings. The number of carbonyl (C=O) groups is 2. The lowest BCUT2D eigenvalue weighted by Gasteiger charge is -2.24. The molecule has 1 aliphatic rings. The van der Waals surface area contributed by atoms with Crippen molar-refractivity contribution in [2.75, 3.05) is 13.2 Å². The molecule has 3 rings (SSSR count). The second-order valence-electron chi connectivity index (χ2n) is 6.81. The zero-order chi connectivity index (χ0) is 21.2. The Kier molecular flexibility index (Phi) is 6.55. The van der Waals surface area contributed by atoms with Crippen LogP contribution in [0.15, 0.2) is 40.0 Å². The summed E-state index contributed by atoms with van der Waals surface area (Å²) in [6.45, 7) is 2.28. The second-order valence-corrected chi connectivity index (χ2v) is 9.52. The SMILES string of the molecule is CCOC(=O)c1ccc(S(=O)(=O)N2CCCC2CC(=O)c2cnn(C)c2)c(Br)c1. The van der Waals surface area contributed by atoms with Gasteiger partial charge in [-0.1, -0.05) is 0 Å². The maximum atomic E-state index is 13.2. The molecule has 10 heteroatoms. The van der Waals surface area contributed by atoms with Crippen molar-refractivity contribution in [2.45, 2.75) is 37.1 Å². The number of sulfonamides is 1. The van der Waals surface area contributed by atoms with Gasteiger partial charge in [0.25, 0.3) is 0 Å². The molecule has 1 unspecified atom stereocenters. The van der Waals surface area contributed by atoms with Gasteiger partial charge in [0.2, 0.25) is 10.0 Å². The van der Waals surface area contributed by atoms with Crippen molar-refractivity contribution in [1.29, 1.82) is 0 Å². The molecule has 0 spiro atoms. The zero-order valence-corrected chi connectivity index (χ0v) is 18.6. The molecule has 2 aromatic rings. The van der Waals surface area contributed by atoms with E-state index >= 15 is 0 Å². The molecule has 2 heterocycles. The van der Waals surface area contributed by atoms with Gasteiger partial charge in [-0.05, 0) is 53.9 Å². The number of benzene rings is 1. The van der Waals surface area contributed by atoms with Crippen molar-refractivity contribution in [3.05, 3.63) is 46.2 Å². The Hall–Kier alpha value is -2.04. The number of rotatable bonds is 7. The highest BCUT2D eigenvalue weighted by molar-refractivity contribution is 9.10. The number of nitrogens with zero attached hydrogens (tertiary/aromatic N) is 3. The molecular weight excluding hydrogens is 462 g/mol. The van der Waals surface area contributed by atoms with Gasteiger partial charge >= 0.3 is 5.97 Å². The van der Waals surface area contributed by atoms with Crippen LogP contribution in [0.4, 0.5) is 0 Å². The summed E-state index contributed by atoms with van der Waals surface area (Å²) in [4.78, 5) is 24.5. The number of hydrogen-bond donors (Lipinski definition) is 0. The van der Waals surface area contributed by atoms with Crippen molar-refractivity contribution in [3.8, 4) is 0 Å². The molecule has 0 aliphatic carbocycles. The molecule has 156 valence electrons. The van der Waals surface area contributed by atoms with Crippen LogP contribution in [0.5, 0.6) is 0 Å². The number of esters is 1. The van der Waals surface area contributed by atoms with Gasteiger partial charge in [0.05, 0.1) is 28.8 Å². The first-order chi connectivity index (χ1) is 13.7. The van der Waals surface area contributed by atoms with E-state index in [9.17, 15) is 18.0 Å². The number of aryl methyl sites for hydroxylation is 1. The molecule has 29 heavy (non-hydrogen) atoms. The van der Waals surface area contributed by atoms with Crippen LogP contribution in [0.25, 0.3) is 0 Å². The maximum Gasteiger partial charge on any atom is 0.338 e.